The second-order valence-electron chi connectivity index (χ2n) is 5.53. The highest BCUT2D eigenvalue weighted by Gasteiger charge is 2.39. The van der Waals surface area contributed by atoms with Crippen LogP contribution in [0.4, 0.5) is 0 Å². The Morgan fingerprint density at radius 2 is 2.18 bits per heavy atom. The minimum absolute atomic E-state index is 0.0208. The Hall–Kier alpha value is -0.830. The molecule has 0 radical (unpaired) electrons. The van der Waals surface area contributed by atoms with Crippen molar-refractivity contribution in [2.24, 2.45) is 5.92 Å². The van der Waals surface area contributed by atoms with Crippen molar-refractivity contribution in [1.29, 1.82) is 0 Å². The normalized spacial score (nSPS) is 36.9. The second-order valence-corrected chi connectivity index (χ2v) is 5.53. The van der Waals surface area contributed by atoms with Crippen molar-refractivity contribution in [2.45, 2.75) is 57.0 Å². The lowest BCUT2D eigenvalue weighted by Gasteiger charge is -2.24. The van der Waals surface area contributed by atoms with E-state index in [0.717, 1.165) is 25.2 Å². The molecule has 1 N–H and O–H groups in total. The lowest BCUT2D eigenvalue weighted by Crippen LogP contribution is -2.38. The van der Waals surface area contributed by atoms with Crippen molar-refractivity contribution in [1.82, 2.24) is 5.32 Å². The van der Waals surface area contributed by atoms with E-state index in [4.69, 9.17) is 4.74 Å². The van der Waals surface area contributed by atoms with Crippen molar-refractivity contribution in [3.05, 3.63) is 11.8 Å². The van der Waals surface area contributed by atoms with Gasteiger partial charge in [0, 0.05) is 6.04 Å². The van der Waals surface area contributed by atoms with Crippen LogP contribution in [0, 0.1) is 5.92 Å². The van der Waals surface area contributed by atoms with Crippen LogP contribution in [0.2, 0.25) is 0 Å². The second kappa shape index (κ2) is 4.81. The van der Waals surface area contributed by atoms with Crippen LogP contribution in [0.3, 0.4) is 0 Å². The predicted molar refractivity (Wildman–Crippen MR) is 65.6 cm³/mol. The molecule has 3 unspecified atom stereocenters. The molecular formula is C14H21NO2. The van der Waals surface area contributed by atoms with Crippen molar-refractivity contribution >= 4 is 5.78 Å². The third-order valence-corrected chi connectivity index (χ3v) is 4.36. The molecule has 3 aliphatic rings. The summed E-state index contributed by atoms with van der Waals surface area (Å²) in [6.07, 6.45) is 10.2. The van der Waals surface area contributed by atoms with Crippen LogP contribution in [-0.4, -0.2) is 24.5 Å². The Morgan fingerprint density at radius 3 is 2.94 bits per heavy atom. The van der Waals surface area contributed by atoms with E-state index in [1.165, 1.54) is 25.7 Å². The summed E-state index contributed by atoms with van der Waals surface area (Å²) in [6, 6.07) is 0.606. The van der Waals surface area contributed by atoms with Gasteiger partial charge in [-0.05, 0) is 44.1 Å². The summed E-state index contributed by atoms with van der Waals surface area (Å²) in [5.41, 5.74) is 0. The zero-order valence-corrected chi connectivity index (χ0v) is 10.3. The number of nitrogens with one attached hydrogen (secondary N) is 1. The highest BCUT2D eigenvalue weighted by Crippen LogP contribution is 2.34. The molecule has 17 heavy (non-hydrogen) atoms. The van der Waals surface area contributed by atoms with Gasteiger partial charge in [0.05, 0.1) is 12.6 Å². The average Bonchev–Trinajstić information content (AvgIpc) is 2.82. The number of carbonyl (C=O) groups excluding carboxylic acids is 1. The first-order chi connectivity index (χ1) is 8.34. The third-order valence-electron chi connectivity index (χ3n) is 4.36. The van der Waals surface area contributed by atoms with Gasteiger partial charge in [-0.25, -0.2) is 0 Å². The fourth-order valence-electron chi connectivity index (χ4n) is 3.42. The summed E-state index contributed by atoms with van der Waals surface area (Å²) in [5.74, 6) is 1.54. The lowest BCUT2D eigenvalue weighted by atomic mass is 9.84. The van der Waals surface area contributed by atoms with Gasteiger partial charge in [-0.15, -0.1) is 0 Å². The molecule has 0 aromatic rings. The number of ether oxygens (including phenoxy) is 1. The van der Waals surface area contributed by atoms with E-state index in [1.807, 2.05) is 6.08 Å². The fourth-order valence-corrected chi connectivity index (χ4v) is 3.42. The highest BCUT2D eigenvalue weighted by atomic mass is 16.5. The van der Waals surface area contributed by atoms with E-state index in [1.54, 1.807) is 0 Å². The molecule has 0 bridgehead atoms. The molecule has 0 aromatic carbocycles. The van der Waals surface area contributed by atoms with Gasteiger partial charge in [-0.2, -0.15) is 0 Å². The zero-order chi connectivity index (χ0) is 11.7. The van der Waals surface area contributed by atoms with Crippen LogP contribution in [-0.2, 0) is 9.53 Å². The number of fused-ring (bicyclic) bond motifs is 1. The molecule has 3 rings (SSSR count). The molecule has 1 saturated carbocycles. The fraction of sp³-hybridized carbons (Fsp3) is 0.786. The quantitative estimate of drug-likeness (QED) is 0.797. The Kier molecular flexibility index (Phi) is 3.19. The zero-order valence-electron chi connectivity index (χ0n) is 10.3. The van der Waals surface area contributed by atoms with Crippen LogP contribution >= 0.6 is 0 Å². The maximum atomic E-state index is 12.3. The summed E-state index contributed by atoms with van der Waals surface area (Å²) in [7, 11) is 0. The maximum absolute atomic E-state index is 12.3. The first-order valence-corrected chi connectivity index (χ1v) is 6.98. The van der Waals surface area contributed by atoms with Gasteiger partial charge in [0.15, 0.2) is 5.76 Å². The number of carbonyl (C=O) groups is 1. The third kappa shape index (κ3) is 2.25. The molecule has 0 aromatic heterocycles. The smallest absolute Gasteiger partial charge is 0.213 e. The Bertz CT molecular complexity index is 323. The molecule has 0 spiro atoms. The van der Waals surface area contributed by atoms with Crippen LogP contribution in [0.15, 0.2) is 11.8 Å². The summed E-state index contributed by atoms with van der Waals surface area (Å²) >= 11 is 0. The van der Waals surface area contributed by atoms with Crippen molar-refractivity contribution in [3.63, 3.8) is 0 Å². The van der Waals surface area contributed by atoms with Gasteiger partial charge in [0.1, 0.15) is 0 Å². The molecule has 3 atom stereocenters. The molecule has 1 saturated heterocycles. The van der Waals surface area contributed by atoms with Crippen LogP contribution in [0.5, 0.6) is 0 Å². The van der Waals surface area contributed by atoms with Crippen molar-refractivity contribution in [2.75, 3.05) is 6.61 Å². The van der Waals surface area contributed by atoms with Crippen LogP contribution in [0.1, 0.15) is 44.9 Å². The summed E-state index contributed by atoms with van der Waals surface area (Å²) in [6.45, 7) is 0.706. The SMILES string of the molecule is O=C(C1=CCCCO1)C1CC2CCCCC2N1. The molecule has 2 aliphatic heterocycles. The largest absolute Gasteiger partial charge is 0.490 e. The first-order valence-electron chi connectivity index (χ1n) is 6.98. The Morgan fingerprint density at radius 1 is 1.29 bits per heavy atom. The molecular weight excluding hydrogens is 214 g/mol. The Labute approximate surface area is 103 Å². The number of hydrogen-bond acceptors (Lipinski definition) is 3. The van der Waals surface area contributed by atoms with Crippen LogP contribution < -0.4 is 5.32 Å². The average molecular weight is 235 g/mol. The van der Waals surface area contributed by atoms with Gasteiger partial charge in [-0.3, -0.25) is 4.79 Å². The van der Waals surface area contributed by atoms with E-state index >= 15 is 0 Å². The van der Waals surface area contributed by atoms with E-state index in [0.29, 0.717) is 18.4 Å². The van der Waals surface area contributed by atoms with Gasteiger partial charge < -0.3 is 10.1 Å². The van der Waals surface area contributed by atoms with Gasteiger partial charge in [0.25, 0.3) is 0 Å². The predicted octanol–water partition coefficient (Wildman–Crippen LogP) is 2.17. The Balaban J connectivity index is 1.65. The molecule has 3 nitrogen and oxygen atoms in total. The topological polar surface area (TPSA) is 38.3 Å². The van der Waals surface area contributed by atoms with Crippen LogP contribution in [0.25, 0.3) is 0 Å². The maximum Gasteiger partial charge on any atom is 0.213 e. The number of ketones is 1. The summed E-state index contributed by atoms with van der Waals surface area (Å²) in [5, 5.41) is 3.52. The van der Waals surface area contributed by atoms with E-state index in [9.17, 15) is 4.79 Å². The molecule has 1 aliphatic carbocycles. The number of Topliss-reactive ketones (excluding diaryl/α,β-unsaturated/α-hetero) is 1. The van der Waals surface area contributed by atoms with E-state index < -0.39 is 0 Å². The lowest BCUT2D eigenvalue weighted by molar-refractivity contribution is -0.120. The molecule has 94 valence electrons. The van der Waals surface area contributed by atoms with E-state index in [-0.39, 0.29) is 11.8 Å². The minimum atomic E-state index is 0.0208. The molecule has 0 amide bonds. The standard InChI is InChI=1S/C14H21NO2/c16-14(13-7-3-4-8-17-13)12-9-10-5-1-2-6-11(10)15-12/h7,10-12,15H,1-6,8-9H2. The molecule has 2 heterocycles. The first kappa shape index (κ1) is 11.3. The van der Waals surface area contributed by atoms with Gasteiger partial charge >= 0.3 is 0 Å². The monoisotopic (exact) mass is 235 g/mol. The van der Waals surface area contributed by atoms with Crippen molar-refractivity contribution < 1.29 is 9.53 Å². The molecule has 3 heteroatoms. The minimum Gasteiger partial charge on any atom is -0.490 e. The summed E-state index contributed by atoms with van der Waals surface area (Å²) < 4.78 is 5.48. The van der Waals surface area contributed by atoms with E-state index in [2.05, 4.69) is 5.32 Å². The van der Waals surface area contributed by atoms with Gasteiger partial charge in [-0.1, -0.05) is 12.8 Å². The summed E-state index contributed by atoms with van der Waals surface area (Å²) in [4.78, 5) is 12.3. The van der Waals surface area contributed by atoms with Crippen molar-refractivity contribution in [3.8, 4) is 0 Å². The highest BCUT2D eigenvalue weighted by molar-refractivity contribution is 5.98. The number of rotatable bonds is 2. The number of hydrogen-bond donors (Lipinski definition) is 1. The molecule has 2 fully saturated rings. The van der Waals surface area contributed by atoms with Gasteiger partial charge in [0.2, 0.25) is 5.78 Å². The number of allylic oxidation sites excluding steroid dienone is 1.